The van der Waals surface area contributed by atoms with Gasteiger partial charge in [0, 0.05) is 24.1 Å². The predicted molar refractivity (Wildman–Crippen MR) is 105 cm³/mol. The molecule has 29 heavy (non-hydrogen) atoms. The summed E-state index contributed by atoms with van der Waals surface area (Å²) in [6.45, 7) is 5.63. The normalized spacial score (nSPS) is 20.0. The van der Waals surface area contributed by atoms with Crippen LogP contribution in [0.1, 0.15) is 37.6 Å². The highest BCUT2D eigenvalue weighted by Crippen LogP contribution is 2.31. The molecule has 1 aliphatic heterocycles. The Bertz CT molecular complexity index is 867. The lowest BCUT2D eigenvalue weighted by atomic mass is 9.91. The number of rotatable bonds is 6. The van der Waals surface area contributed by atoms with Crippen LogP contribution in [-0.4, -0.2) is 45.7 Å². The van der Waals surface area contributed by atoms with Crippen LogP contribution < -0.4 is 10.3 Å². The second-order valence-electron chi connectivity index (χ2n) is 7.51. The Hall–Kier alpha value is -2.58. The first-order valence-electron chi connectivity index (χ1n) is 9.40. The summed E-state index contributed by atoms with van der Waals surface area (Å²) in [4.78, 5) is 32.6. The number of aryl methyl sites for hydroxylation is 1. The van der Waals surface area contributed by atoms with Crippen molar-refractivity contribution in [3.8, 4) is 5.75 Å². The molecule has 1 unspecified atom stereocenters. The van der Waals surface area contributed by atoms with Crippen LogP contribution in [0.25, 0.3) is 0 Å². The average Bonchev–Trinajstić information content (AvgIpc) is 3.26. The number of carbonyl (C=O) groups excluding carboxylic acids is 2. The van der Waals surface area contributed by atoms with Gasteiger partial charge in [-0.25, -0.2) is 0 Å². The lowest BCUT2D eigenvalue weighted by Gasteiger charge is -2.28. The maximum atomic E-state index is 13.3. The molecule has 1 saturated heterocycles. The van der Waals surface area contributed by atoms with Crippen molar-refractivity contribution in [2.45, 2.75) is 45.3 Å². The molecule has 9 heteroatoms. The molecule has 1 aliphatic rings. The lowest BCUT2D eigenvalue weighted by molar-refractivity contribution is -0.143. The first kappa shape index (κ1) is 21.1. The van der Waals surface area contributed by atoms with E-state index in [2.05, 4.69) is 10.6 Å². The largest absolute Gasteiger partial charge is 0.391 e. The van der Waals surface area contributed by atoms with Crippen molar-refractivity contribution < 1.29 is 24.1 Å². The van der Waals surface area contributed by atoms with Gasteiger partial charge < -0.3 is 19.4 Å². The van der Waals surface area contributed by atoms with Crippen molar-refractivity contribution in [2.75, 3.05) is 6.54 Å². The minimum Gasteiger partial charge on any atom is -0.391 e. The van der Waals surface area contributed by atoms with Crippen molar-refractivity contribution in [3.63, 3.8) is 0 Å². The minimum absolute atomic E-state index is 0.0637. The molecule has 3 rings (SSSR count). The number of hydroxylamine groups is 1. The van der Waals surface area contributed by atoms with Gasteiger partial charge in [-0.3, -0.25) is 9.59 Å². The summed E-state index contributed by atoms with van der Waals surface area (Å²) in [5.74, 6) is -0.645. The van der Waals surface area contributed by atoms with Crippen LogP contribution in [0.15, 0.2) is 34.9 Å². The molecule has 1 aromatic carbocycles. The molecule has 0 saturated carbocycles. The zero-order valence-electron chi connectivity index (χ0n) is 16.5. The predicted octanol–water partition coefficient (Wildman–Crippen LogP) is 2.45. The van der Waals surface area contributed by atoms with Gasteiger partial charge in [0.25, 0.3) is 5.91 Å². The molecule has 2 aromatic rings. The molecule has 2 N–H and O–H groups in total. The standard InChI is InChI=1S/C20H24ClN3O5/c1-11(2)18(17-8-12(3)22-29-17)20(27)24-10-14(25)9-16(24)19(26)23-28-15-6-4-13(21)5-7-15/h4-8,11,14,16,18,25H,9-10H2,1-3H3,(H,23,26)/t14-,16+,18?/m1/s1. The number of nitrogens with one attached hydrogen (secondary N) is 1. The highest BCUT2D eigenvalue weighted by molar-refractivity contribution is 6.30. The van der Waals surface area contributed by atoms with Crippen LogP contribution >= 0.6 is 11.6 Å². The van der Waals surface area contributed by atoms with Gasteiger partial charge in [-0.15, -0.1) is 0 Å². The second-order valence-corrected chi connectivity index (χ2v) is 7.95. The van der Waals surface area contributed by atoms with E-state index in [1.807, 2.05) is 13.8 Å². The van der Waals surface area contributed by atoms with Gasteiger partial charge in [0.15, 0.2) is 5.75 Å². The van der Waals surface area contributed by atoms with Crippen LogP contribution in [0.3, 0.4) is 0 Å². The number of hydrogen-bond donors (Lipinski definition) is 2. The average molecular weight is 422 g/mol. The molecular weight excluding hydrogens is 398 g/mol. The quantitative estimate of drug-likeness (QED) is 0.694. The number of hydrogen-bond acceptors (Lipinski definition) is 6. The fraction of sp³-hybridized carbons (Fsp3) is 0.450. The van der Waals surface area contributed by atoms with Gasteiger partial charge in [-0.1, -0.05) is 30.6 Å². The van der Waals surface area contributed by atoms with Crippen molar-refractivity contribution in [3.05, 3.63) is 46.8 Å². The minimum atomic E-state index is -0.852. The van der Waals surface area contributed by atoms with Crippen LogP contribution in [-0.2, 0) is 9.59 Å². The Morgan fingerprint density at radius 1 is 1.34 bits per heavy atom. The smallest absolute Gasteiger partial charge is 0.275 e. The summed E-state index contributed by atoms with van der Waals surface area (Å²) in [6.07, 6.45) is -0.670. The van der Waals surface area contributed by atoms with Gasteiger partial charge in [-0.05, 0) is 37.1 Å². The second kappa shape index (κ2) is 8.84. The highest BCUT2D eigenvalue weighted by atomic mass is 35.5. The molecule has 2 amide bonds. The number of aliphatic hydroxyl groups is 1. The Kier molecular flexibility index (Phi) is 6.44. The summed E-state index contributed by atoms with van der Waals surface area (Å²) in [7, 11) is 0. The zero-order chi connectivity index (χ0) is 21.1. The molecule has 0 radical (unpaired) electrons. The van der Waals surface area contributed by atoms with E-state index < -0.39 is 24.0 Å². The summed E-state index contributed by atoms with van der Waals surface area (Å²) in [5, 5.41) is 14.5. The van der Waals surface area contributed by atoms with Gasteiger partial charge >= 0.3 is 0 Å². The van der Waals surface area contributed by atoms with Crippen LogP contribution in [0.2, 0.25) is 5.02 Å². The van der Waals surface area contributed by atoms with E-state index in [-0.39, 0.29) is 24.8 Å². The van der Waals surface area contributed by atoms with Gasteiger partial charge in [-0.2, -0.15) is 5.48 Å². The number of likely N-dealkylation sites (tertiary alicyclic amines) is 1. The van der Waals surface area contributed by atoms with Crippen LogP contribution in [0.4, 0.5) is 0 Å². The third-order valence-electron chi connectivity index (χ3n) is 4.83. The third-order valence-corrected chi connectivity index (χ3v) is 5.09. The zero-order valence-corrected chi connectivity index (χ0v) is 17.2. The number of amides is 2. The van der Waals surface area contributed by atoms with Crippen molar-refractivity contribution >= 4 is 23.4 Å². The molecule has 2 heterocycles. The van der Waals surface area contributed by atoms with E-state index in [9.17, 15) is 14.7 Å². The van der Waals surface area contributed by atoms with Crippen molar-refractivity contribution in [2.24, 2.45) is 5.92 Å². The third kappa shape index (κ3) is 4.89. The number of halogens is 1. The number of β-amino-alcohol motifs (C(OH)–C–C–N with tert-alkyl or cyclic N) is 1. The van der Waals surface area contributed by atoms with Gasteiger partial charge in [0.2, 0.25) is 5.91 Å². The van der Waals surface area contributed by atoms with E-state index in [0.717, 1.165) is 0 Å². The van der Waals surface area contributed by atoms with E-state index in [4.69, 9.17) is 21.0 Å². The number of carbonyl (C=O) groups is 2. The lowest BCUT2D eigenvalue weighted by Crippen LogP contribution is -2.48. The molecule has 0 spiro atoms. The molecule has 0 bridgehead atoms. The van der Waals surface area contributed by atoms with E-state index >= 15 is 0 Å². The first-order valence-corrected chi connectivity index (χ1v) is 9.78. The van der Waals surface area contributed by atoms with E-state index in [1.165, 1.54) is 4.90 Å². The highest BCUT2D eigenvalue weighted by Gasteiger charge is 2.43. The number of benzene rings is 1. The molecular formula is C20H24ClN3O5. The Labute approximate surface area is 173 Å². The molecule has 156 valence electrons. The van der Waals surface area contributed by atoms with Crippen LogP contribution in [0, 0.1) is 12.8 Å². The Morgan fingerprint density at radius 3 is 2.62 bits per heavy atom. The SMILES string of the molecule is Cc1cc(C(C(=O)N2C[C@H](O)C[C@H]2C(=O)NOc2ccc(Cl)cc2)C(C)C)on1. The van der Waals surface area contributed by atoms with Gasteiger partial charge in [0.05, 0.1) is 11.8 Å². The fourth-order valence-electron chi connectivity index (χ4n) is 3.43. The molecule has 0 aliphatic carbocycles. The first-order chi connectivity index (χ1) is 13.8. The summed E-state index contributed by atoms with van der Waals surface area (Å²) in [6, 6.07) is 7.34. The maximum absolute atomic E-state index is 13.3. The maximum Gasteiger partial charge on any atom is 0.275 e. The summed E-state index contributed by atoms with van der Waals surface area (Å²) in [5.41, 5.74) is 3.03. The van der Waals surface area contributed by atoms with Crippen molar-refractivity contribution in [1.82, 2.24) is 15.5 Å². The molecule has 3 atom stereocenters. The Balaban J connectivity index is 1.73. The van der Waals surface area contributed by atoms with Crippen LogP contribution in [0.5, 0.6) is 5.75 Å². The monoisotopic (exact) mass is 421 g/mol. The molecule has 8 nitrogen and oxygen atoms in total. The van der Waals surface area contributed by atoms with Crippen molar-refractivity contribution in [1.29, 1.82) is 0 Å². The summed E-state index contributed by atoms with van der Waals surface area (Å²) >= 11 is 5.83. The molecule has 1 aromatic heterocycles. The van der Waals surface area contributed by atoms with E-state index in [1.54, 1.807) is 37.3 Å². The van der Waals surface area contributed by atoms with Gasteiger partial charge in [0.1, 0.15) is 17.7 Å². The van der Waals surface area contributed by atoms with E-state index in [0.29, 0.717) is 22.2 Å². The number of aliphatic hydroxyl groups excluding tert-OH is 1. The Morgan fingerprint density at radius 2 is 2.03 bits per heavy atom. The molecule has 1 fully saturated rings. The number of aromatic nitrogens is 1. The fourth-order valence-corrected chi connectivity index (χ4v) is 3.56. The number of nitrogens with zero attached hydrogens (tertiary/aromatic N) is 2. The summed E-state index contributed by atoms with van der Waals surface area (Å²) < 4.78 is 5.31. The topological polar surface area (TPSA) is 105 Å².